The number of carbonyl (C=O) groups is 3. The number of carbonyl (C=O) groups excluding carboxylic acids is 2. The molecule has 0 heterocycles. The molecule has 2 saturated carbocycles. The van der Waals surface area contributed by atoms with Crippen molar-refractivity contribution in [3.05, 3.63) is 0 Å². The smallest absolute Gasteiger partial charge is 0.310 e. The minimum Gasteiger partial charge on any atom is -0.481 e. The molecular weight excluding hydrogens is 272 g/mol. The molecule has 0 unspecified atom stereocenters. The molecular formula is C15H24N2O4. The Kier molecular flexibility index (Phi) is 4.85. The maximum Gasteiger partial charge on any atom is 0.310 e. The maximum atomic E-state index is 12.0. The molecule has 0 radical (unpaired) electrons. The molecule has 2 fully saturated rings. The summed E-state index contributed by atoms with van der Waals surface area (Å²) in [5.74, 6) is -0.910. The third-order valence-corrected chi connectivity index (χ3v) is 4.97. The van der Waals surface area contributed by atoms with Gasteiger partial charge in [-0.3, -0.25) is 14.4 Å². The molecule has 0 bridgehead atoms. The molecule has 6 nitrogen and oxygen atoms in total. The largest absolute Gasteiger partial charge is 0.481 e. The van der Waals surface area contributed by atoms with E-state index < -0.39 is 11.4 Å². The van der Waals surface area contributed by atoms with Gasteiger partial charge in [-0.15, -0.1) is 0 Å². The van der Waals surface area contributed by atoms with Gasteiger partial charge in [0.05, 0.1) is 5.41 Å². The summed E-state index contributed by atoms with van der Waals surface area (Å²) in [5.41, 5.74) is -0.830. The molecule has 2 amide bonds. The van der Waals surface area contributed by atoms with Crippen LogP contribution in [0.5, 0.6) is 0 Å². The minimum absolute atomic E-state index is 0.0418. The summed E-state index contributed by atoms with van der Waals surface area (Å²) >= 11 is 0. The lowest BCUT2D eigenvalue weighted by molar-refractivity contribution is -0.157. The first-order valence-corrected chi connectivity index (χ1v) is 7.71. The van der Waals surface area contributed by atoms with Gasteiger partial charge in [0.15, 0.2) is 0 Å². The highest BCUT2D eigenvalue weighted by molar-refractivity contribution is 5.85. The molecule has 6 heteroatoms. The van der Waals surface area contributed by atoms with Crippen LogP contribution in [0.15, 0.2) is 0 Å². The van der Waals surface area contributed by atoms with E-state index in [0.29, 0.717) is 12.8 Å². The summed E-state index contributed by atoms with van der Waals surface area (Å²) in [7, 11) is 1.64. The van der Waals surface area contributed by atoms with Gasteiger partial charge >= 0.3 is 5.97 Å². The van der Waals surface area contributed by atoms with Crippen LogP contribution in [0.2, 0.25) is 0 Å². The Bertz CT molecular complexity index is 423. The Labute approximate surface area is 124 Å². The van der Waals surface area contributed by atoms with Crippen molar-refractivity contribution in [3.63, 3.8) is 0 Å². The van der Waals surface area contributed by atoms with Gasteiger partial charge in [-0.25, -0.2) is 0 Å². The fraction of sp³-hybridized carbons (Fsp3) is 0.800. The van der Waals surface area contributed by atoms with E-state index in [2.05, 4.69) is 10.6 Å². The lowest BCUT2D eigenvalue weighted by Crippen LogP contribution is -2.46. The summed E-state index contributed by atoms with van der Waals surface area (Å²) in [4.78, 5) is 34.8. The SMILES string of the molecule is CNC(=O)C1CCC(NC(=O)CC2(C(=O)O)CCC2)CC1. The Balaban J connectivity index is 1.77. The molecule has 0 spiro atoms. The van der Waals surface area contributed by atoms with E-state index in [0.717, 1.165) is 32.1 Å². The molecule has 2 aliphatic carbocycles. The Morgan fingerprint density at radius 1 is 1.14 bits per heavy atom. The van der Waals surface area contributed by atoms with Crippen LogP contribution in [0.1, 0.15) is 51.4 Å². The zero-order valence-corrected chi connectivity index (χ0v) is 12.5. The quantitative estimate of drug-likeness (QED) is 0.706. The minimum atomic E-state index is -0.854. The number of rotatable bonds is 5. The Hall–Kier alpha value is -1.59. The fourth-order valence-electron chi connectivity index (χ4n) is 3.36. The van der Waals surface area contributed by atoms with Crippen molar-refractivity contribution in [1.29, 1.82) is 0 Å². The first-order chi connectivity index (χ1) is 9.97. The second-order valence-electron chi connectivity index (χ2n) is 6.35. The Morgan fingerprint density at radius 3 is 2.19 bits per heavy atom. The van der Waals surface area contributed by atoms with Gasteiger partial charge in [0, 0.05) is 25.4 Å². The van der Waals surface area contributed by atoms with Gasteiger partial charge in [-0.05, 0) is 38.5 Å². The van der Waals surface area contributed by atoms with E-state index in [9.17, 15) is 19.5 Å². The molecule has 0 aromatic rings. The third-order valence-electron chi connectivity index (χ3n) is 4.97. The second-order valence-corrected chi connectivity index (χ2v) is 6.35. The monoisotopic (exact) mass is 296 g/mol. The highest BCUT2D eigenvalue weighted by Crippen LogP contribution is 2.44. The zero-order chi connectivity index (χ0) is 15.5. The van der Waals surface area contributed by atoms with Crippen LogP contribution in [0.25, 0.3) is 0 Å². The van der Waals surface area contributed by atoms with Crippen LogP contribution < -0.4 is 10.6 Å². The van der Waals surface area contributed by atoms with Crippen molar-refractivity contribution >= 4 is 17.8 Å². The number of aliphatic carboxylic acids is 1. The van der Waals surface area contributed by atoms with E-state index in [-0.39, 0.29) is 30.2 Å². The molecule has 0 aliphatic heterocycles. The van der Waals surface area contributed by atoms with Crippen LogP contribution in [0.4, 0.5) is 0 Å². The van der Waals surface area contributed by atoms with Crippen molar-refractivity contribution in [1.82, 2.24) is 10.6 Å². The summed E-state index contributed by atoms with van der Waals surface area (Å²) in [6.45, 7) is 0. The van der Waals surface area contributed by atoms with E-state index in [4.69, 9.17) is 0 Å². The zero-order valence-electron chi connectivity index (χ0n) is 12.5. The molecule has 0 aromatic carbocycles. The van der Waals surface area contributed by atoms with Gasteiger partial charge in [-0.2, -0.15) is 0 Å². The average molecular weight is 296 g/mol. The van der Waals surface area contributed by atoms with Crippen molar-refractivity contribution < 1.29 is 19.5 Å². The van der Waals surface area contributed by atoms with Crippen LogP contribution in [-0.4, -0.2) is 36.0 Å². The molecule has 2 aliphatic rings. The number of hydrogen-bond acceptors (Lipinski definition) is 3. The third kappa shape index (κ3) is 3.54. The summed E-state index contributed by atoms with van der Waals surface area (Å²) in [5, 5.41) is 14.8. The van der Waals surface area contributed by atoms with Gasteiger partial charge in [0.25, 0.3) is 0 Å². The van der Waals surface area contributed by atoms with E-state index in [1.165, 1.54) is 0 Å². The number of carboxylic acids is 1. The van der Waals surface area contributed by atoms with Crippen LogP contribution >= 0.6 is 0 Å². The highest BCUT2D eigenvalue weighted by Gasteiger charge is 2.46. The predicted octanol–water partition coefficient (Wildman–Crippen LogP) is 1.05. The standard InChI is InChI=1S/C15H24N2O4/c1-16-13(19)10-3-5-11(6-4-10)17-12(18)9-15(14(20)21)7-2-8-15/h10-11H,2-9H2,1H3,(H,16,19)(H,17,18)(H,20,21). The molecule has 0 atom stereocenters. The Morgan fingerprint density at radius 2 is 1.76 bits per heavy atom. The van der Waals surface area contributed by atoms with Crippen LogP contribution in [0, 0.1) is 11.3 Å². The topological polar surface area (TPSA) is 95.5 Å². The van der Waals surface area contributed by atoms with Gasteiger partial charge in [0.2, 0.25) is 11.8 Å². The lowest BCUT2D eigenvalue weighted by Gasteiger charge is -2.37. The summed E-state index contributed by atoms with van der Waals surface area (Å²) in [6.07, 6.45) is 5.27. The first-order valence-electron chi connectivity index (χ1n) is 7.71. The second kappa shape index (κ2) is 6.45. The van der Waals surface area contributed by atoms with Crippen LogP contribution in [-0.2, 0) is 14.4 Å². The maximum absolute atomic E-state index is 12.0. The number of carboxylic acid groups (broad SMARTS) is 1. The molecule has 0 aromatic heterocycles. The highest BCUT2D eigenvalue weighted by atomic mass is 16.4. The van der Waals surface area contributed by atoms with Crippen LogP contribution in [0.3, 0.4) is 0 Å². The average Bonchev–Trinajstić information content (AvgIpc) is 2.42. The van der Waals surface area contributed by atoms with Gasteiger partial charge in [-0.1, -0.05) is 6.42 Å². The lowest BCUT2D eigenvalue weighted by atomic mass is 9.66. The summed E-state index contributed by atoms with van der Waals surface area (Å²) < 4.78 is 0. The normalized spacial score (nSPS) is 27.3. The van der Waals surface area contributed by atoms with Crippen molar-refractivity contribution in [2.24, 2.45) is 11.3 Å². The number of amides is 2. The molecule has 118 valence electrons. The van der Waals surface area contributed by atoms with E-state index >= 15 is 0 Å². The summed E-state index contributed by atoms with van der Waals surface area (Å²) in [6, 6.07) is 0.0735. The van der Waals surface area contributed by atoms with Crippen molar-refractivity contribution in [2.45, 2.75) is 57.4 Å². The van der Waals surface area contributed by atoms with E-state index in [1.54, 1.807) is 7.05 Å². The van der Waals surface area contributed by atoms with Crippen molar-refractivity contribution in [3.8, 4) is 0 Å². The van der Waals surface area contributed by atoms with Gasteiger partial charge < -0.3 is 15.7 Å². The van der Waals surface area contributed by atoms with Gasteiger partial charge in [0.1, 0.15) is 0 Å². The molecule has 3 N–H and O–H groups in total. The number of hydrogen-bond donors (Lipinski definition) is 3. The predicted molar refractivity (Wildman–Crippen MR) is 76.5 cm³/mol. The number of nitrogens with one attached hydrogen (secondary N) is 2. The molecule has 0 saturated heterocycles. The van der Waals surface area contributed by atoms with E-state index in [1.807, 2.05) is 0 Å². The first kappa shape index (κ1) is 15.8. The fourth-order valence-corrected chi connectivity index (χ4v) is 3.36. The molecule has 21 heavy (non-hydrogen) atoms. The van der Waals surface area contributed by atoms with Crippen molar-refractivity contribution in [2.75, 3.05) is 7.05 Å². The molecule has 2 rings (SSSR count).